The Hall–Kier alpha value is -2.58. The maximum atomic E-state index is 12.6. The highest BCUT2D eigenvalue weighted by atomic mass is 32.2. The van der Waals surface area contributed by atoms with Gasteiger partial charge < -0.3 is 10.2 Å². The van der Waals surface area contributed by atoms with Crippen LogP contribution in [0, 0.1) is 10.1 Å². The Morgan fingerprint density at radius 3 is 2.32 bits per heavy atom. The fourth-order valence-corrected chi connectivity index (χ4v) is 3.30. The molecule has 28 heavy (non-hydrogen) atoms. The van der Waals surface area contributed by atoms with Crippen LogP contribution in [0.4, 0.5) is 37.7 Å². The number of halogens is 6. The molecule has 1 unspecified atom stereocenters. The second-order valence-electron chi connectivity index (χ2n) is 5.75. The van der Waals surface area contributed by atoms with Gasteiger partial charge in [-0.1, -0.05) is 0 Å². The highest BCUT2D eigenvalue weighted by Gasteiger charge is 2.47. The van der Waals surface area contributed by atoms with Crippen LogP contribution in [0.25, 0.3) is 0 Å². The number of alkyl halides is 6. The van der Waals surface area contributed by atoms with Gasteiger partial charge in [0.2, 0.25) is 5.91 Å². The number of amides is 1. The molecule has 1 heterocycles. The minimum Gasteiger partial charge on any atom is -0.368 e. The predicted octanol–water partition coefficient (Wildman–Crippen LogP) is 2.46. The number of hydrogen-bond donors (Lipinski definition) is 1. The van der Waals surface area contributed by atoms with Crippen LogP contribution in [-0.4, -0.2) is 55.0 Å². The first-order chi connectivity index (χ1) is 12.6. The molecular weight excluding hydrogens is 424 g/mol. The van der Waals surface area contributed by atoms with E-state index in [-0.39, 0.29) is 19.0 Å². The summed E-state index contributed by atoms with van der Waals surface area (Å²) in [5.41, 5.74) is -7.26. The molecule has 156 valence electrons. The molecule has 1 atom stereocenters. The van der Waals surface area contributed by atoms with E-state index in [1.807, 2.05) is 0 Å². The summed E-state index contributed by atoms with van der Waals surface area (Å²) >= 11 is 0. The summed E-state index contributed by atoms with van der Waals surface area (Å²) in [6, 6.07) is -0.0225. The van der Waals surface area contributed by atoms with E-state index in [0.29, 0.717) is 17.0 Å². The molecule has 0 spiro atoms. The zero-order valence-corrected chi connectivity index (χ0v) is 14.4. The van der Waals surface area contributed by atoms with Gasteiger partial charge in [-0.3, -0.25) is 14.9 Å². The van der Waals surface area contributed by atoms with Crippen LogP contribution in [0.3, 0.4) is 0 Å². The van der Waals surface area contributed by atoms with Crippen LogP contribution >= 0.6 is 0 Å². The van der Waals surface area contributed by atoms with Gasteiger partial charge in [0, 0.05) is 12.6 Å². The Kier molecular flexibility index (Phi) is 5.51. The van der Waals surface area contributed by atoms with Crippen LogP contribution in [-0.2, 0) is 14.6 Å². The lowest BCUT2D eigenvalue weighted by Gasteiger charge is -2.19. The van der Waals surface area contributed by atoms with Gasteiger partial charge >= 0.3 is 11.7 Å². The van der Waals surface area contributed by atoms with Crippen molar-refractivity contribution in [1.29, 1.82) is 0 Å². The Bertz CT molecular complexity index is 899. The van der Waals surface area contributed by atoms with E-state index in [4.69, 9.17) is 0 Å². The molecule has 1 fully saturated rings. The SMILES string of the molecule is O=C1C(Nc2ccc(S(=O)(=O)C(F)(F)F)cc2[N+](=O)[O-])CCN1CC(F)(F)F. The van der Waals surface area contributed by atoms with Gasteiger partial charge in [0.15, 0.2) is 0 Å². The molecule has 1 aliphatic heterocycles. The summed E-state index contributed by atoms with van der Waals surface area (Å²) in [5, 5.41) is 13.4. The molecule has 1 aromatic carbocycles. The molecule has 1 aliphatic rings. The molecule has 8 nitrogen and oxygen atoms in total. The number of nitrogens with zero attached hydrogens (tertiary/aromatic N) is 2. The van der Waals surface area contributed by atoms with Crippen molar-refractivity contribution in [2.45, 2.75) is 29.0 Å². The molecule has 0 saturated carbocycles. The van der Waals surface area contributed by atoms with Gasteiger partial charge in [-0.25, -0.2) is 8.42 Å². The first kappa shape index (κ1) is 21.7. The lowest BCUT2D eigenvalue weighted by atomic mass is 10.2. The largest absolute Gasteiger partial charge is 0.501 e. The minimum absolute atomic E-state index is 0.144. The maximum Gasteiger partial charge on any atom is 0.501 e. The molecule has 15 heteroatoms. The summed E-state index contributed by atoms with van der Waals surface area (Å²) in [6.45, 7) is -1.81. The second kappa shape index (κ2) is 7.10. The molecule has 0 aliphatic carbocycles. The summed E-state index contributed by atoms with van der Waals surface area (Å²) in [4.78, 5) is 21.0. The minimum atomic E-state index is -5.85. The Balaban J connectivity index is 2.30. The van der Waals surface area contributed by atoms with E-state index in [0.717, 1.165) is 0 Å². The molecule has 2 rings (SSSR count). The molecular formula is C13H11F6N3O5S. The van der Waals surface area contributed by atoms with Crippen molar-refractivity contribution in [3.05, 3.63) is 28.3 Å². The number of carbonyl (C=O) groups is 1. The van der Waals surface area contributed by atoms with E-state index in [1.165, 1.54) is 0 Å². The number of nitrogens with one attached hydrogen (secondary N) is 1. The van der Waals surface area contributed by atoms with Crippen molar-refractivity contribution in [2.75, 3.05) is 18.4 Å². The lowest BCUT2D eigenvalue weighted by Crippen LogP contribution is -2.39. The van der Waals surface area contributed by atoms with Crippen molar-refractivity contribution in [1.82, 2.24) is 4.90 Å². The van der Waals surface area contributed by atoms with Crippen LogP contribution < -0.4 is 5.32 Å². The third-order valence-electron chi connectivity index (χ3n) is 3.78. The number of benzene rings is 1. The topological polar surface area (TPSA) is 110 Å². The van der Waals surface area contributed by atoms with Crippen molar-refractivity contribution < 1.29 is 44.5 Å². The number of likely N-dealkylation sites (tertiary alicyclic amines) is 1. The highest BCUT2D eigenvalue weighted by molar-refractivity contribution is 7.92. The normalized spacial score (nSPS) is 18.4. The van der Waals surface area contributed by atoms with Crippen LogP contribution in [0.2, 0.25) is 0 Å². The summed E-state index contributed by atoms with van der Waals surface area (Å²) < 4.78 is 97.8. The summed E-state index contributed by atoms with van der Waals surface area (Å²) in [7, 11) is -5.85. The summed E-state index contributed by atoms with van der Waals surface area (Å²) in [5.74, 6) is -1.00. The first-order valence-corrected chi connectivity index (χ1v) is 8.83. The number of hydrogen-bond acceptors (Lipinski definition) is 6. The van der Waals surface area contributed by atoms with Crippen molar-refractivity contribution in [2.24, 2.45) is 0 Å². The number of sulfone groups is 1. The fraction of sp³-hybridized carbons (Fsp3) is 0.462. The zero-order valence-electron chi connectivity index (χ0n) is 13.5. The molecule has 1 saturated heterocycles. The van der Waals surface area contributed by atoms with Gasteiger partial charge in [0.1, 0.15) is 18.3 Å². The number of carbonyl (C=O) groups excluding carboxylic acids is 1. The molecule has 0 aromatic heterocycles. The summed E-state index contributed by atoms with van der Waals surface area (Å²) in [6.07, 6.45) is -4.79. The number of nitro groups is 1. The number of anilines is 1. The Morgan fingerprint density at radius 2 is 1.82 bits per heavy atom. The lowest BCUT2D eigenvalue weighted by molar-refractivity contribution is -0.384. The maximum absolute atomic E-state index is 12.6. The number of nitro benzene ring substituents is 1. The van der Waals surface area contributed by atoms with Gasteiger partial charge in [0.05, 0.1) is 9.82 Å². The second-order valence-corrected chi connectivity index (χ2v) is 7.69. The quantitative estimate of drug-likeness (QED) is 0.432. The molecule has 1 amide bonds. The third kappa shape index (κ3) is 4.45. The monoisotopic (exact) mass is 435 g/mol. The van der Waals surface area contributed by atoms with E-state index >= 15 is 0 Å². The van der Waals surface area contributed by atoms with Gasteiger partial charge in [-0.15, -0.1) is 0 Å². The highest BCUT2D eigenvalue weighted by Crippen LogP contribution is 2.35. The number of rotatable bonds is 5. The van der Waals surface area contributed by atoms with Crippen molar-refractivity contribution >= 4 is 27.1 Å². The predicted molar refractivity (Wildman–Crippen MR) is 81.0 cm³/mol. The van der Waals surface area contributed by atoms with Gasteiger partial charge in [-0.2, -0.15) is 26.3 Å². The van der Waals surface area contributed by atoms with E-state index in [1.54, 1.807) is 0 Å². The zero-order chi connectivity index (χ0) is 21.5. The fourth-order valence-electron chi connectivity index (χ4n) is 2.52. The van der Waals surface area contributed by atoms with Crippen molar-refractivity contribution in [3.63, 3.8) is 0 Å². The first-order valence-electron chi connectivity index (χ1n) is 7.35. The standard InChI is InChI=1S/C13H11F6N3O5S/c14-12(15,16)6-21-4-3-9(11(21)23)20-8-2-1-7(5-10(8)22(24)25)28(26,27)13(17,18)19/h1-2,5,9,20H,3-4,6H2. The Labute approximate surface area is 153 Å². The van der Waals surface area contributed by atoms with Crippen LogP contribution in [0.1, 0.15) is 6.42 Å². The van der Waals surface area contributed by atoms with E-state index in [9.17, 15) is 49.7 Å². The average Bonchev–Trinajstić information content (AvgIpc) is 2.85. The van der Waals surface area contributed by atoms with Crippen LogP contribution in [0.15, 0.2) is 23.1 Å². The van der Waals surface area contributed by atoms with E-state index in [2.05, 4.69) is 5.32 Å². The van der Waals surface area contributed by atoms with Crippen molar-refractivity contribution in [3.8, 4) is 0 Å². The average molecular weight is 435 g/mol. The molecule has 1 aromatic rings. The third-order valence-corrected chi connectivity index (χ3v) is 5.26. The van der Waals surface area contributed by atoms with Crippen LogP contribution in [0.5, 0.6) is 0 Å². The molecule has 0 bridgehead atoms. The molecule has 1 N–H and O–H groups in total. The van der Waals surface area contributed by atoms with Gasteiger partial charge in [-0.05, 0) is 18.6 Å². The Morgan fingerprint density at radius 1 is 1.21 bits per heavy atom. The van der Waals surface area contributed by atoms with Gasteiger partial charge in [0.25, 0.3) is 15.5 Å². The smallest absolute Gasteiger partial charge is 0.368 e. The van der Waals surface area contributed by atoms with E-state index < -0.39 is 61.2 Å². The molecule has 0 radical (unpaired) electrons.